The number of para-hydroxylation sites is 2. The monoisotopic (exact) mass is 433 g/mol. The van der Waals surface area contributed by atoms with Gasteiger partial charge in [-0.25, -0.2) is 0 Å². The average Bonchev–Trinajstić information content (AvgIpc) is 2.75. The van der Waals surface area contributed by atoms with Gasteiger partial charge in [0, 0.05) is 12.1 Å². The van der Waals surface area contributed by atoms with Gasteiger partial charge in [-0.3, -0.25) is 19.4 Å². The van der Waals surface area contributed by atoms with Gasteiger partial charge in [-0.15, -0.1) is 0 Å². The molecule has 1 aromatic heterocycles. The summed E-state index contributed by atoms with van der Waals surface area (Å²) in [7, 11) is 1.53. The second-order valence-electron chi connectivity index (χ2n) is 7.61. The molecular weight excluding hydrogens is 410 g/mol. The lowest BCUT2D eigenvalue weighted by Gasteiger charge is -2.24. The van der Waals surface area contributed by atoms with E-state index in [4.69, 9.17) is 4.74 Å². The van der Waals surface area contributed by atoms with Gasteiger partial charge in [-0.2, -0.15) is 4.98 Å². The van der Waals surface area contributed by atoms with Gasteiger partial charge >= 0.3 is 0 Å². The number of ether oxygens (including phenoxy) is 1. The molecule has 1 aliphatic rings. The predicted octanol–water partition coefficient (Wildman–Crippen LogP) is 3.20. The summed E-state index contributed by atoms with van der Waals surface area (Å²) in [5.41, 5.74) is 2.79. The molecular formula is C23H23N5O4. The number of aryl methyl sites for hydroxylation is 2. The van der Waals surface area contributed by atoms with E-state index in [1.54, 1.807) is 24.3 Å². The second-order valence-corrected chi connectivity index (χ2v) is 7.61. The molecule has 0 unspecified atom stereocenters. The summed E-state index contributed by atoms with van der Waals surface area (Å²) in [5, 5.41) is 8.42. The number of amides is 2. The molecule has 0 spiro atoms. The maximum atomic E-state index is 13.0. The number of fused-ring (bicyclic) bond motifs is 1. The highest BCUT2D eigenvalue weighted by atomic mass is 16.5. The Morgan fingerprint density at radius 2 is 1.91 bits per heavy atom. The summed E-state index contributed by atoms with van der Waals surface area (Å²) in [6.45, 7) is 3.84. The topological polar surface area (TPSA) is 125 Å². The van der Waals surface area contributed by atoms with E-state index in [1.807, 2.05) is 32.0 Å². The Hall–Kier alpha value is -4.14. The summed E-state index contributed by atoms with van der Waals surface area (Å²) in [6.07, 6.45) is -0.145. The molecule has 0 aliphatic carbocycles. The van der Waals surface area contributed by atoms with Crippen molar-refractivity contribution in [2.75, 3.05) is 23.1 Å². The standard InChI is InChI=1S/C23H23N5O4/c1-12-8-9-15(13(2)10-12)24-21(30)14-11-18(29)26-20-19(14)22(31)28-23(27-20)25-16-6-4-5-7-17(16)32-3/h4-10,14H,11H2,1-3H3,(H,24,30)(H3,25,26,27,28,29,31)/t14-/m0/s1. The highest BCUT2D eigenvalue weighted by Crippen LogP contribution is 2.31. The minimum atomic E-state index is -0.962. The molecule has 0 saturated carbocycles. The zero-order chi connectivity index (χ0) is 22.8. The van der Waals surface area contributed by atoms with Gasteiger partial charge in [0.1, 0.15) is 11.6 Å². The summed E-state index contributed by atoms with van der Waals surface area (Å²) >= 11 is 0. The Morgan fingerprint density at radius 1 is 1.12 bits per heavy atom. The zero-order valence-electron chi connectivity index (χ0n) is 17.9. The minimum Gasteiger partial charge on any atom is -0.495 e. The van der Waals surface area contributed by atoms with E-state index in [9.17, 15) is 14.4 Å². The van der Waals surface area contributed by atoms with E-state index in [1.165, 1.54) is 7.11 Å². The molecule has 0 radical (unpaired) electrons. The van der Waals surface area contributed by atoms with Crippen molar-refractivity contribution < 1.29 is 14.3 Å². The van der Waals surface area contributed by atoms with Crippen LogP contribution in [0, 0.1) is 13.8 Å². The second kappa shape index (κ2) is 8.54. The van der Waals surface area contributed by atoms with Gasteiger partial charge in [0.25, 0.3) is 5.56 Å². The number of nitrogens with one attached hydrogen (secondary N) is 4. The molecule has 32 heavy (non-hydrogen) atoms. The fourth-order valence-corrected chi connectivity index (χ4v) is 3.70. The largest absolute Gasteiger partial charge is 0.495 e. The third-order valence-electron chi connectivity index (χ3n) is 5.27. The fraction of sp³-hybridized carbons (Fsp3) is 0.217. The number of carbonyl (C=O) groups excluding carboxylic acids is 2. The molecule has 0 saturated heterocycles. The van der Waals surface area contributed by atoms with Crippen LogP contribution in [0.1, 0.15) is 29.0 Å². The van der Waals surface area contributed by atoms with Gasteiger partial charge in [-0.05, 0) is 37.6 Å². The van der Waals surface area contributed by atoms with E-state index < -0.39 is 17.4 Å². The minimum absolute atomic E-state index is 0.0585. The van der Waals surface area contributed by atoms with E-state index in [2.05, 4.69) is 25.9 Å². The zero-order valence-corrected chi connectivity index (χ0v) is 17.9. The van der Waals surface area contributed by atoms with E-state index in [0.717, 1.165) is 11.1 Å². The van der Waals surface area contributed by atoms with Gasteiger partial charge in [0.15, 0.2) is 0 Å². The Bertz CT molecular complexity index is 1270. The summed E-state index contributed by atoms with van der Waals surface area (Å²) in [4.78, 5) is 45.2. The lowest BCUT2D eigenvalue weighted by Crippen LogP contribution is -2.36. The van der Waals surface area contributed by atoms with Crippen LogP contribution in [0.5, 0.6) is 5.75 Å². The number of rotatable bonds is 5. The number of H-pyrrole nitrogens is 1. The van der Waals surface area contributed by atoms with E-state index in [-0.39, 0.29) is 29.7 Å². The van der Waals surface area contributed by atoms with Crippen molar-refractivity contribution in [1.29, 1.82) is 0 Å². The first-order valence-corrected chi connectivity index (χ1v) is 10.1. The number of aromatic amines is 1. The van der Waals surface area contributed by atoms with E-state index in [0.29, 0.717) is 17.1 Å². The number of anilines is 4. The number of hydrogen-bond donors (Lipinski definition) is 4. The van der Waals surface area contributed by atoms with Crippen molar-refractivity contribution in [3.05, 3.63) is 69.5 Å². The molecule has 1 aliphatic heterocycles. The Morgan fingerprint density at radius 3 is 2.66 bits per heavy atom. The maximum absolute atomic E-state index is 13.0. The van der Waals surface area contributed by atoms with Crippen molar-refractivity contribution in [2.45, 2.75) is 26.2 Å². The number of aromatic nitrogens is 2. The molecule has 2 amide bonds. The summed E-state index contributed by atoms with van der Waals surface area (Å²) in [6, 6.07) is 12.8. The molecule has 4 N–H and O–H groups in total. The highest BCUT2D eigenvalue weighted by molar-refractivity contribution is 6.04. The number of hydrogen-bond acceptors (Lipinski definition) is 6. The lowest BCUT2D eigenvalue weighted by molar-refractivity contribution is -0.123. The van der Waals surface area contributed by atoms with Crippen LogP contribution in [0.4, 0.5) is 23.1 Å². The average molecular weight is 433 g/mol. The summed E-state index contributed by atoms with van der Waals surface area (Å²) < 4.78 is 5.29. The van der Waals surface area contributed by atoms with Crippen LogP contribution in [-0.4, -0.2) is 28.9 Å². The normalized spacial score (nSPS) is 14.8. The smallest absolute Gasteiger partial charge is 0.258 e. The van der Waals surface area contributed by atoms with Crippen LogP contribution < -0.4 is 26.2 Å². The number of methoxy groups -OCH3 is 1. The van der Waals surface area contributed by atoms with Crippen molar-refractivity contribution in [2.24, 2.45) is 0 Å². The quantitative estimate of drug-likeness (QED) is 0.490. The Labute approximate surface area is 184 Å². The van der Waals surface area contributed by atoms with Crippen LogP contribution in [0.15, 0.2) is 47.3 Å². The molecule has 0 bridgehead atoms. The molecule has 164 valence electrons. The number of carbonyl (C=O) groups is 2. The molecule has 2 heterocycles. The van der Waals surface area contributed by atoms with Gasteiger partial charge in [-0.1, -0.05) is 29.8 Å². The van der Waals surface area contributed by atoms with Crippen LogP contribution in [0.3, 0.4) is 0 Å². The Balaban J connectivity index is 1.65. The first-order valence-electron chi connectivity index (χ1n) is 10.1. The molecule has 9 heteroatoms. The maximum Gasteiger partial charge on any atom is 0.258 e. The first-order chi connectivity index (χ1) is 15.4. The fourth-order valence-electron chi connectivity index (χ4n) is 3.70. The van der Waals surface area contributed by atoms with Gasteiger partial charge < -0.3 is 20.7 Å². The van der Waals surface area contributed by atoms with E-state index >= 15 is 0 Å². The van der Waals surface area contributed by atoms with Crippen LogP contribution in [0.25, 0.3) is 0 Å². The van der Waals surface area contributed by atoms with Crippen molar-refractivity contribution in [3.63, 3.8) is 0 Å². The molecule has 9 nitrogen and oxygen atoms in total. The number of nitrogens with zero attached hydrogens (tertiary/aromatic N) is 1. The summed E-state index contributed by atoms with van der Waals surface area (Å²) in [5.74, 6) is -1.05. The molecule has 0 fully saturated rings. The van der Waals surface area contributed by atoms with Crippen LogP contribution >= 0.6 is 0 Å². The third kappa shape index (κ3) is 4.18. The number of benzene rings is 2. The molecule has 1 atom stereocenters. The first kappa shape index (κ1) is 21.1. The molecule has 3 aromatic rings. The van der Waals surface area contributed by atoms with Crippen molar-refractivity contribution >= 4 is 35.0 Å². The van der Waals surface area contributed by atoms with Crippen molar-refractivity contribution in [3.8, 4) is 5.75 Å². The van der Waals surface area contributed by atoms with Crippen LogP contribution in [-0.2, 0) is 9.59 Å². The molecule has 2 aromatic carbocycles. The predicted molar refractivity (Wildman–Crippen MR) is 122 cm³/mol. The highest BCUT2D eigenvalue weighted by Gasteiger charge is 2.35. The lowest BCUT2D eigenvalue weighted by atomic mass is 9.92. The molecule has 4 rings (SSSR count). The van der Waals surface area contributed by atoms with Gasteiger partial charge in [0.05, 0.1) is 24.3 Å². The third-order valence-corrected chi connectivity index (χ3v) is 5.27. The van der Waals surface area contributed by atoms with Crippen molar-refractivity contribution in [1.82, 2.24) is 9.97 Å². The Kier molecular flexibility index (Phi) is 5.63. The van der Waals surface area contributed by atoms with Crippen LogP contribution in [0.2, 0.25) is 0 Å². The van der Waals surface area contributed by atoms with Gasteiger partial charge in [0.2, 0.25) is 17.8 Å². The SMILES string of the molecule is COc1ccccc1Nc1nc2c(c(=O)[nH]1)[C@@H](C(=O)Nc1ccc(C)cc1C)CC(=O)N2.